The molecular formula is C23H32ClF3N4O4. The fourth-order valence-electron chi connectivity index (χ4n) is 3.84. The molecule has 0 saturated carbocycles. The Kier molecular flexibility index (Phi) is 11.8. The summed E-state index contributed by atoms with van der Waals surface area (Å²) in [6.45, 7) is 7.35. The number of piperazine rings is 1. The highest BCUT2D eigenvalue weighted by Gasteiger charge is 2.38. The number of carboxylic acid groups (broad SMARTS) is 1. The van der Waals surface area contributed by atoms with E-state index in [1.165, 1.54) is 19.3 Å². The number of benzene rings is 1. The third kappa shape index (κ3) is 10.4. The number of nitrogens with one attached hydrogen (secondary N) is 1. The molecule has 2 amide bonds. The average Bonchev–Trinajstić information content (AvgIpc) is 2.85. The number of hydrogen-bond acceptors (Lipinski definition) is 5. The number of alkyl halides is 3. The molecule has 0 spiro atoms. The van der Waals surface area contributed by atoms with Gasteiger partial charge in [0.05, 0.1) is 0 Å². The fraction of sp³-hybridized carbons (Fsp3) is 0.609. The van der Waals surface area contributed by atoms with Crippen LogP contribution in [0.5, 0.6) is 0 Å². The quantitative estimate of drug-likeness (QED) is 0.574. The van der Waals surface area contributed by atoms with Crippen molar-refractivity contribution >= 4 is 29.4 Å². The number of carbonyl (C=O) groups excluding carboxylic acids is 2. The molecular weight excluding hydrogens is 489 g/mol. The summed E-state index contributed by atoms with van der Waals surface area (Å²) >= 11 is 5.96. The van der Waals surface area contributed by atoms with Crippen LogP contribution in [-0.4, -0.2) is 103 Å². The number of rotatable bonds is 7. The average molecular weight is 521 g/mol. The zero-order valence-electron chi connectivity index (χ0n) is 19.5. The smallest absolute Gasteiger partial charge is 0.475 e. The molecule has 8 nitrogen and oxygen atoms in total. The van der Waals surface area contributed by atoms with E-state index in [9.17, 15) is 22.8 Å². The number of hydrogen-bond donors (Lipinski definition) is 2. The zero-order chi connectivity index (χ0) is 25.8. The lowest BCUT2D eigenvalue weighted by Gasteiger charge is -2.31. The zero-order valence-corrected chi connectivity index (χ0v) is 20.3. The van der Waals surface area contributed by atoms with Crippen LogP contribution in [0.25, 0.3) is 0 Å². The van der Waals surface area contributed by atoms with Crippen molar-refractivity contribution in [3.63, 3.8) is 0 Å². The van der Waals surface area contributed by atoms with Crippen molar-refractivity contribution in [3.05, 3.63) is 34.9 Å². The van der Waals surface area contributed by atoms with Gasteiger partial charge in [0, 0.05) is 62.8 Å². The number of piperidine rings is 1. The molecule has 2 aliphatic rings. The van der Waals surface area contributed by atoms with Gasteiger partial charge in [0.15, 0.2) is 0 Å². The molecule has 2 aliphatic heterocycles. The number of amides is 2. The number of halogens is 4. The van der Waals surface area contributed by atoms with E-state index < -0.39 is 12.1 Å². The van der Waals surface area contributed by atoms with Crippen LogP contribution >= 0.6 is 11.6 Å². The van der Waals surface area contributed by atoms with E-state index in [4.69, 9.17) is 21.5 Å². The predicted molar refractivity (Wildman–Crippen MR) is 125 cm³/mol. The standard InChI is InChI=1S/C21H31ClN4O2.C2HF3O2/c22-19-6-4-18(5-7-19)21(28)26(17-16-24-11-2-1-3-12-24)13-8-20(27)25-14-9-23-10-15-25;3-2(4,5)1(6)7/h4-7,23H,1-3,8-17H2;(H,6,7). The minimum atomic E-state index is -5.08. The molecule has 2 heterocycles. The second-order valence-electron chi connectivity index (χ2n) is 8.39. The first kappa shape index (κ1) is 28.9. The number of likely N-dealkylation sites (tertiary alicyclic amines) is 1. The number of aliphatic carboxylic acids is 1. The summed E-state index contributed by atoms with van der Waals surface area (Å²) in [5.41, 5.74) is 0.623. The Bertz CT molecular complexity index is 827. The van der Waals surface area contributed by atoms with Crippen molar-refractivity contribution < 1.29 is 32.7 Å². The molecule has 2 N–H and O–H groups in total. The van der Waals surface area contributed by atoms with Gasteiger partial charge in [-0.25, -0.2) is 4.79 Å². The molecule has 2 saturated heterocycles. The lowest BCUT2D eigenvalue weighted by atomic mass is 10.1. The Hall–Kier alpha value is -2.37. The largest absolute Gasteiger partial charge is 0.490 e. The van der Waals surface area contributed by atoms with Gasteiger partial charge in [-0.3, -0.25) is 9.59 Å². The van der Waals surface area contributed by atoms with Gasteiger partial charge in [0.2, 0.25) is 5.91 Å². The Balaban J connectivity index is 0.000000540. The van der Waals surface area contributed by atoms with Crippen LogP contribution in [0, 0.1) is 0 Å². The van der Waals surface area contributed by atoms with E-state index in [-0.39, 0.29) is 11.8 Å². The van der Waals surface area contributed by atoms with E-state index in [0.29, 0.717) is 30.1 Å². The highest BCUT2D eigenvalue weighted by Crippen LogP contribution is 2.14. The predicted octanol–water partition coefficient (Wildman–Crippen LogP) is 2.72. The molecule has 196 valence electrons. The van der Waals surface area contributed by atoms with Gasteiger partial charge in [0.1, 0.15) is 0 Å². The highest BCUT2D eigenvalue weighted by molar-refractivity contribution is 6.30. The lowest BCUT2D eigenvalue weighted by Crippen LogP contribution is -2.47. The maximum Gasteiger partial charge on any atom is 0.490 e. The Labute approximate surface area is 208 Å². The number of nitrogens with zero attached hydrogens (tertiary/aromatic N) is 3. The molecule has 0 bridgehead atoms. The summed E-state index contributed by atoms with van der Waals surface area (Å²) in [4.78, 5) is 40.6. The van der Waals surface area contributed by atoms with Crippen LogP contribution in [0.3, 0.4) is 0 Å². The molecule has 0 aromatic heterocycles. The van der Waals surface area contributed by atoms with E-state index in [1.54, 1.807) is 24.3 Å². The second-order valence-corrected chi connectivity index (χ2v) is 8.82. The van der Waals surface area contributed by atoms with Crippen LogP contribution in [0.15, 0.2) is 24.3 Å². The van der Waals surface area contributed by atoms with Crippen LogP contribution in [-0.2, 0) is 9.59 Å². The summed E-state index contributed by atoms with van der Waals surface area (Å²) < 4.78 is 31.7. The van der Waals surface area contributed by atoms with E-state index in [1.807, 2.05) is 9.80 Å². The molecule has 1 aromatic carbocycles. The summed E-state index contributed by atoms with van der Waals surface area (Å²) in [7, 11) is 0. The summed E-state index contributed by atoms with van der Waals surface area (Å²) in [5.74, 6) is -2.65. The van der Waals surface area contributed by atoms with Crippen molar-refractivity contribution in [2.75, 3.05) is 58.9 Å². The maximum atomic E-state index is 13.0. The SMILES string of the molecule is O=C(CCN(CCN1CCCCC1)C(=O)c1ccc(Cl)cc1)N1CCNCC1.O=C(O)C(F)(F)F. The first-order valence-corrected chi connectivity index (χ1v) is 12.0. The maximum absolute atomic E-state index is 13.0. The van der Waals surface area contributed by atoms with Crippen LogP contribution in [0.1, 0.15) is 36.0 Å². The van der Waals surface area contributed by atoms with Crippen molar-refractivity contribution in [3.8, 4) is 0 Å². The third-order valence-corrected chi connectivity index (χ3v) is 6.07. The second kappa shape index (κ2) is 14.3. The van der Waals surface area contributed by atoms with Gasteiger partial charge in [-0.2, -0.15) is 13.2 Å². The van der Waals surface area contributed by atoms with E-state index in [0.717, 1.165) is 45.8 Å². The molecule has 35 heavy (non-hydrogen) atoms. The monoisotopic (exact) mass is 520 g/mol. The number of carboxylic acids is 1. The molecule has 0 unspecified atom stereocenters. The lowest BCUT2D eigenvalue weighted by molar-refractivity contribution is -0.192. The molecule has 1 aromatic rings. The normalized spacial score (nSPS) is 16.7. The van der Waals surface area contributed by atoms with Crippen molar-refractivity contribution in [1.29, 1.82) is 0 Å². The number of carbonyl (C=O) groups is 3. The summed E-state index contributed by atoms with van der Waals surface area (Å²) in [5, 5.41) is 11.0. The topological polar surface area (TPSA) is 93.2 Å². The van der Waals surface area contributed by atoms with Crippen LogP contribution in [0.4, 0.5) is 13.2 Å². The van der Waals surface area contributed by atoms with E-state index >= 15 is 0 Å². The van der Waals surface area contributed by atoms with Gasteiger partial charge in [-0.05, 0) is 50.2 Å². The molecule has 3 rings (SSSR count). The van der Waals surface area contributed by atoms with Crippen molar-refractivity contribution in [2.24, 2.45) is 0 Å². The molecule has 12 heteroatoms. The summed E-state index contributed by atoms with van der Waals surface area (Å²) in [6.07, 6.45) is -0.957. The third-order valence-electron chi connectivity index (χ3n) is 5.82. The van der Waals surface area contributed by atoms with Gasteiger partial charge < -0.3 is 25.1 Å². The van der Waals surface area contributed by atoms with E-state index in [2.05, 4.69) is 10.2 Å². The Morgan fingerprint density at radius 1 is 0.971 bits per heavy atom. The van der Waals surface area contributed by atoms with Crippen molar-refractivity contribution in [1.82, 2.24) is 20.0 Å². The molecule has 2 fully saturated rings. The first-order valence-electron chi connectivity index (χ1n) is 11.6. The summed E-state index contributed by atoms with van der Waals surface area (Å²) in [6, 6.07) is 7.00. The molecule has 0 radical (unpaired) electrons. The van der Waals surface area contributed by atoms with Gasteiger partial charge in [-0.15, -0.1) is 0 Å². The fourth-order valence-corrected chi connectivity index (χ4v) is 3.96. The molecule has 0 atom stereocenters. The minimum absolute atomic E-state index is 0.0261. The van der Waals surface area contributed by atoms with Gasteiger partial charge in [-0.1, -0.05) is 18.0 Å². The highest BCUT2D eigenvalue weighted by atomic mass is 35.5. The Morgan fingerprint density at radius 3 is 2.09 bits per heavy atom. The van der Waals surface area contributed by atoms with Gasteiger partial charge >= 0.3 is 12.1 Å². The van der Waals surface area contributed by atoms with Crippen LogP contribution < -0.4 is 5.32 Å². The van der Waals surface area contributed by atoms with Gasteiger partial charge in [0.25, 0.3) is 5.91 Å². The molecule has 0 aliphatic carbocycles. The first-order chi connectivity index (χ1) is 16.6. The Morgan fingerprint density at radius 2 is 1.54 bits per heavy atom. The minimum Gasteiger partial charge on any atom is -0.475 e. The van der Waals surface area contributed by atoms with Crippen LogP contribution in [0.2, 0.25) is 5.02 Å². The van der Waals surface area contributed by atoms with Crippen molar-refractivity contribution in [2.45, 2.75) is 31.9 Å².